The Morgan fingerprint density at radius 3 is 2.78 bits per heavy atom. The van der Waals surface area contributed by atoms with Crippen molar-refractivity contribution in [2.45, 2.75) is 11.5 Å². The maximum atomic E-state index is 12.3. The Morgan fingerprint density at radius 2 is 2.00 bits per heavy atom. The zero-order chi connectivity index (χ0) is 16.1. The Kier molecular flexibility index (Phi) is 5.09. The van der Waals surface area contributed by atoms with E-state index in [1.165, 1.54) is 11.3 Å². The van der Waals surface area contributed by atoms with Gasteiger partial charge < -0.3 is 4.74 Å². The molecule has 1 aromatic carbocycles. The predicted molar refractivity (Wildman–Crippen MR) is 91.7 cm³/mol. The summed E-state index contributed by atoms with van der Waals surface area (Å²) in [4.78, 5) is 12.8. The van der Waals surface area contributed by atoms with Crippen LogP contribution >= 0.6 is 11.3 Å². The maximum Gasteiger partial charge on any atom is 0.188 e. The minimum absolute atomic E-state index is 0.417. The second kappa shape index (κ2) is 7.43. The molecule has 3 aromatic rings. The maximum absolute atomic E-state index is 12.3. The van der Waals surface area contributed by atoms with Gasteiger partial charge in [0.25, 0.3) is 0 Å². The third-order valence-corrected chi connectivity index (χ3v) is 5.24. The molecule has 23 heavy (non-hydrogen) atoms. The third-order valence-electron chi connectivity index (χ3n) is 3.08. The first-order chi connectivity index (χ1) is 11.2. The van der Waals surface area contributed by atoms with Gasteiger partial charge >= 0.3 is 0 Å². The smallest absolute Gasteiger partial charge is 0.188 e. The monoisotopic (exact) mass is 345 g/mol. The SMILES string of the molecule is COc1cccc(CS(=O)Cc2csc(-c3ncccn3)n2)c1. The Balaban J connectivity index is 1.65. The van der Waals surface area contributed by atoms with E-state index in [0.29, 0.717) is 17.3 Å². The van der Waals surface area contributed by atoms with Crippen molar-refractivity contribution in [2.24, 2.45) is 0 Å². The van der Waals surface area contributed by atoms with Crippen molar-refractivity contribution in [2.75, 3.05) is 7.11 Å². The number of thiazole rings is 1. The van der Waals surface area contributed by atoms with Crippen LogP contribution in [0, 0.1) is 0 Å². The van der Waals surface area contributed by atoms with Crippen molar-refractivity contribution in [3.63, 3.8) is 0 Å². The van der Waals surface area contributed by atoms with Crippen LogP contribution in [0.1, 0.15) is 11.3 Å². The lowest BCUT2D eigenvalue weighted by Crippen LogP contribution is -2.00. The van der Waals surface area contributed by atoms with Crippen LogP contribution in [0.4, 0.5) is 0 Å². The second-order valence-electron chi connectivity index (χ2n) is 4.80. The second-order valence-corrected chi connectivity index (χ2v) is 7.11. The van der Waals surface area contributed by atoms with Gasteiger partial charge in [0.1, 0.15) is 5.75 Å². The summed E-state index contributed by atoms with van der Waals surface area (Å²) in [7, 11) is 0.596. The first-order valence-corrected chi connectivity index (χ1v) is 9.31. The van der Waals surface area contributed by atoms with Gasteiger partial charge in [-0.1, -0.05) is 12.1 Å². The summed E-state index contributed by atoms with van der Waals surface area (Å²) in [6, 6.07) is 9.39. The highest BCUT2D eigenvalue weighted by Crippen LogP contribution is 2.21. The van der Waals surface area contributed by atoms with Crippen molar-refractivity contribution in [1.82, 2.24) is 15.0 Å². The quantitative estimate of drug-likeness (QED) is 0.687. The fourth-order valence-electron chi connectivity index (χ4n) is 2.05. The molecule has 5 nitrogen and oxygen atoms in total. The molecule has 2 heterocycles. The summed E-state index contributed by atoms with van der Waals surface area (Å²) >= 11 is 1.47. The molecule has 1 atom stereocenters. The molecule has 0 aliphatic carbocycles. The van der Waals surface area contributed by atoms with Gasteiger partial charge in [-0.25, -0.2) is 15.0 Å². The van der Waals surface area contributed by atoms with Crippen LogP contribution in [0.2, 0.25) is 0 Å². The van der Waals surface area contributed by atoms with Crippen molar-refractivity contribution in [3.05, 3.63) is 59.4 Å². The number of ether oxygens (including phenoxy) is 1. The number of benzene rings is 1. The molecule has 3 rings (SSSR count). The van der Waals surface area contributed by atoms with E-state index in [4.69, 9.17) is 4.74 Å². The fraction of sp³-hybridized carbons (Fsp3) is 0.188. The lowest BCUT2D eigenvalue weighted by Gasteiger charge is -2.04. The summed E-state index contributed by atoms with van der Waals surface area (Å²) in [6.07, 6.45) is 3.37. The third kappa shape index (κ3) is 4.20. The Morgan fingerprint density at radius 1 is 1.17 bits per heavy atom. The zero-order valence-electron chi connectivity index (χ0n) is 12.5. The van der Waals surface area contributed by atoms with E-state index in [2.05, 4.69) is 15.0 Å². The van der Waals surface area contributed by atoms with Crippen LogP contribution in [0.15, 0.2) is 48.1 Å². The Hall–Kier alpha value is -2.12. The van der Waals surface area contributed by atoms with E-state index in [9.17, 15) is 4.21 Å². The highest BCUT2D eigenvalue weighted by atomic mass is 32.2. The summed E-state index contributed by atoms with van der Waals surface area (Å²) in [5, 5.41) is 2.66. The zero-order valence-corrected chi connectivity index (χ0v) is 14.1. The predicted octanol–water partition coefficient (Wildman–Crippen LogP) is 3.06. The van der Waals surface area contributed by atoms with Crippen LogP contribution < -0.4 is 4.74 Å². The summed E-state index contributed by atoms with van der Waals surface area (Å²) in [6.45, 7) is 0. The first-order valence-electron chi connectivity index (χ1n) is 6.94. The number of nitrogens with zero attached hydrogens (tertiary/aromatic N) is 3. The highest BCUT2D eigenvalue weighted by molar-refractivity contribution is 7.83. The van der Waals surface area contributed by atoms with Gasteiger partial charge in [-0.05, 0) is 23.8 Å². The van der Waals surface area contributed by atoms with Gasteiger partial charge in [0.2, 0.25) is 0 Å². The molecule has 0 bridgehead atoms. The molecule has 0 radical (unpaired) electrons. The topological polar surface area (TPSA) is 65.0 Å². The van der Waals surface area contributed by atoms with E-state index >= 15 is 0 Å². The number of hydrogen-bond acceptors (Lipinski definition) is 6. The average molecular weight is 345 g/mol. The van der Waals surface area contributed by atoms with Gasteiger partial charge in [0, 0.05) is 34.3 Å². The normalized spacial score (nSPS) is 12.0. The summed E-state index contributed by atoms with van der Waals surface area (Å²) in [5.41, 5.74) is 1.79. The fourth-order valence-corrected chi connectivity index (χ4v) is 4.05. The van der Waals surface area contributed by atoms with Gasteiger partial charge in [0.05, 0.1) is 18.6 Å². The van der Waals surface area contributed by atoms with Crippen LogP contribution in [0.5, 0.6) is 5.75 Å². The number of methoxy groups -OCH3 is 1. The van der Waals surface area contributed by atoms with Crippen molar-refractivity contribution in [3.8, 4) is 16.6 Å². The molecule has 118 valence electrons. The van der Waals surface area contributed by atoms with Crippen LogP contribution in [0.3, 0.4) is 0 Å². The Bertz CT molecular complexity index is 806. The molecule has 0 aliphatic rings. The molecule has 0 N–H and O–H groups in total. The molecule has 0 aliphatic heterocycles. The molecule has 0 saturated carbocycles. The lowest BCUT2D eigenvalue weighted by atomic mass is 10.2. The molecule has 2 aromatic heterocycles. The summed E-state index contributed by atoms with van der Waals surface area (Å²) in [5.74, 6) is 2.27. The molecule has 7 heteroatoms. The lowest BCUT2D eigenvalue weighted by molar-refractivity contribution is 0.414. The van der Waals surface area contributed by atoms with E-state index in [1.54, 1.807) is 25.6 Å². The number of rotatable bonds is 6. The highest BCUT2D eigenvalue weighted by Gasteiger charge is 2.10. The Labute approximate surface area is 140 Å². The minimum Gasteiger partial charge on any atom is -0.497 e. The standard InChI is InChI=1S/C16H15N3O2S2/c1-21-14-5-2-4-12(8-14)10-23(20)11-13-9-22-16(19-13)15-17-6-3-7-18-15/h2-9H,10-11H2,1H3. The summed E-state index contributed by atoms with van der Waals surface area (Å²) < 4.78 is 17.5. The molecule has 0 fully saturated rings. The van der Waals surface area contributed by atoms with Gasteiger partial charge in [-0.15, -0.1) is 11.3 Å². The largest absolute Gasteiger partial charge is 0.497 e. The van der Waals surface area contributed by atoms with E-state index in [0.717, 1.165) is 22.0 Å². The minimum atomic E-state index is -1.03. The molecule has 0 amide bonds. The molecule has 0 saturated heterocycles. The van der Waals surface area contributed by atoms with Gasteiger partial charge in [-0.3, -0.25) is 4.21 Å². The van der Waals surface area contributed by atoms with Crippen molar-refractivity contribution < 1.29 is 8.95 Å². The number of aromatic nitrogens is 3. The van der Waals surface area contributed by atoms with Gasteiger partial charge in [0.15, 0.2) is 10.8 Å². The van der Waals surface area contributed by atoms with Crippen molar-refractivity contribution >= 4 is 22.1 Å². The molecular weight excluding hydrogens is 330 g/mol. The van der Waals surface area contributed by atoms with E-state index in [-0.39, 0.29) is 0 Å². The van der Waals surface area contributed by atoms with E-state index < -0.39 is 10.8 Å². The number of hydrogen-bond donors (Lipinski definition) is 0. The average Bonchev–Trinajstić information content (AvgIpc) is 3.04. The molecule has 0 spiro atoms. The van der Waals surface area contributed by atoms with Crippen LogP contribution in [-0.4, -0.2) is 26.3 Å². The first kappa shape index (κ1) is 15.8. The van der Waals surface area contributed by atoms with E-state index in [1.807, 2.05) is 29.6 Å². The molecular formula is C16H15N3O2S2. The molecule has 1 unspecified atom stereocenters. The van der Waals surface area contributed by atoms with Gasteiger partial charge in [-0.2, -0.15) is 0 Å². The van der Waals surface area contributed by atoms with Crippen molar-refractivity contribution in [1.29, 1.82) is 0 Å². The van der Waals surface area contributed by atoms with Crippen LogP contribution in [0.25, 0.3) is 10.8 Å². The van der Waals surface area contributed by atoms with Crippen LogP contribution in [-0.2, 0) is 22.3 Å².